The summed E-state index contributed by atoms with van der Waals surface area (Å²) >= 11 is 0. The number of piperidine rings is 1. The highest BCUT2D eigenvalue weighted by Gasteiger charge is 2.24. The van der Waals surface area contributed by atoms with Gasteiger partial charge in [0.1, 0.15) is 6.07 Å². The molecule has 0 unspecified atom stereocenters. The van der Waals surface area contributed by atoms with Crippen LogP contribution in [-0.2, 0) is 12.1 Å². The molecule has 0 atom stereocenters. The fourth-order valence-electron chi connectivity index (χ4n) is 3.19. The molecule has 3 rings (SSSR count). The lowest BCUT2D eigenvalue weighted by Crippen LogP contribution is -2.40. The maximum atomic E-state index is 9.21. The zero-order valence-electron chi connectivity index (χ0n) is 15.1. The molecule has 0 bridgehead atoms. The van der Waals surface area contributed by atoms with Crippen molar-refractivity contribution in [1.82, 2.24) is 25.1 Å². The monoisotopic (exact) mass is 339 g/mol. The molecule has 0 amide bonds. The first-order valence-corrected chi connectivity index (χ1v) is 8.73. The molecule has 1 fully saturated rings. The van der Waals surface area contributed by atoms with Gasteiger partial charge in [0.2, 0.25) is 0 Å². The Morgan fingerprint density at radius 1 is 1.24 bits per heavy atom. The van der Waals surface area contributed by atoms with Gasteiger partial charge in [0.25, 0.3) is 0 Å². The largest absolute Gasteiger partial charge is 0.381 e. The Morgan fingerprint density at radius 2 is 1.96 bits per heavy atom. The van der Waals surface area contributed by atoms with Gasteiger partial charge in [-0.15, -0.1) is 5.10 Å². The summed E-state index contributed by atoms with van der Waals surface area (Å²) in [5, 5.41) is 24.9. The van der Waals surface area contributed by atoms with Crippen LogP contribution >= 0.6 is 0 Å². The Kier molecular flexibility index (Phi) is 5.00. The lowest BCUT2D eigenvalue weighted by atomic mass is 10.0. The quantitative estimate of drug-likeness (QED) is 0.921. The number of hydrogen-bond donors (Lipinski definition) is 1. The van der Waals surface area contributed by atoms with Gasteiger partial charge in [-0.05, 0) is 56.2 Å². The number of likely N-dealkylation sites (tertiary alicyclic amines) is 1. The summed E-state index contributed by atoms with van der Waals surface area (Å²) in [6.07, 6.45) is 2.08. The van der Waals surface area contributed by atoms with Crippen LogP contribution in [0.3, 0.4) is 0 Å². The van der Waals surface area contributed by atoms with Crippen molar-refractivity contribution in [3.63, 3.8) is 0 Å². The molecule has 0 aliphatic carbocycles. The molecule has 1 aromatic carbocycles. The highest BCUT2D eigenvalue weighted by Crippen LogP contribution is 2.21. The van der Waals surface area contributed by atoms with Crippen LogP contribution in [0.2, 0.25) is 0 Å². The zero-order chi connectivity index (χ0) is 17.9. The van der Waals surface area contributed by atoms with E-state index >= 15 is 0 Å². The summed E-state index contributed by atoms with van der Waals surface area (Å²) in [5.74, 6) is 0.911. The van der Waals surface area contributed by atoms with Gasteiger partial charge < -0.3 is 5.32 Å². The number of hydrogen-bond acceptors (Lipinski definition) is 6. The summed E-state index contributed by atoms with van der Waals surface area (Å²) in [6, 6.07) is 10.3. The van der Waals surface area contributed by atoms with E-state index in [9.17, 15) is 5.26 Å². The Balaban J connectivity index is 1.56. The second kappa shape index (κ2) is 7.19. The normalized spacial score (nSPS) is 16.6. The van der Waals surface area contributed by atoms with Crippen molar-refractivity contribution in [3.05, 3.63) is 35.7 Å². The lowest BCUT2D eigenvalue weighted by molar-refractivity contribution is 0.196. The molecule has 0 spiro atoms. The molecule has 7 heteroatoms. The number of anilines is 1. The highest BCUT2D eigenvalue weighted by molar-refractivity contribution is 5.57. The number of benzene rings is 1. The van der Waals surface area contributed by atoms with Gasteiger partial charge in [0.15, 0.2) is 5.82 Å². The number of tetrazole rings is 1. The Hall–Kier alpha value is -2.46. The average molecular weight is 339 g/mol. The van der Waals surface area contributed by atoms with Crippen molar-refractivity contribution in [3.8, 4) is 6.07 Å². The molecule has 1 saturated heterocycles. The van der Waals surface area contributed by atoms with Gasteiger partial charge in [0.05, 0.1) is 23.3 Å². The van der Waals surface area contributed by atoms with Gasteiger partial charge in [-0.1, -0.05) is 12.1 Å². The van der Waals surface area contributed by atoms with E-state index in [-0.39, 0.29) is 5.54 Å². The molecule has 1 aliphatic heterocycles. The number of rotatable bonds is 4. The van der Waals surface area contributed by atoms with Crippen molar-refractivity contribution in [2.24, 2.45) is 0 Å². The van der Waals surface area contributed by atoms with E-state index < -0.39 is 0 Å². The van der Waals surface area contributed by atoms with Gasteiger partial charge in [0, 0.05) is 19.1 Å². The third-order valence-electron chi connectivity index (χ3n) is 4.53. The molecule has 7 nitrogen and oxygen atoms in total. The lowest BCUT2D eigenvalue weighted by Gasteiger charge is -2.33. The van der Waals surface area contributed by atoms with Crippen molar-refractivity contribution in [1.29, 1.82) is 5.26 Å². The van der Waals surface area contributed by atoms with Gasteiger partial charge >= 0.3 is 0 Å². The number of nitrogens with one attached hydrogen (secondary N) is 1. The van der Waals surface area contributed by atoms with Crippen LogP contribution in [0, 0.1) is 11.3 Å². The number of para-hydroxylation sites is 1. The molecular formula is C18H25N7. The van der Waals surface area contributed by atoms with E-state index in [0.29, 0.717) is 11.6 Å². The SMILES string of the molecule is CC(C)(C)n1nnnc1CN1CCC(Nc2ccccc2C#N)CC1. The van der Waals surface area contributed by atoms with Crippen molar-refractivity contribution >= 4 is 5.69 Å². The van der Waals surface area contributed by atoms with E-state index in [1.807, 2.05) is 28.9 Å². The predicted octanol–water partition coefficient (Wildman–Crippen LogP) is 2.38. The van der Waals surface area contributed by atoms with E-state index in [2.05, 4.69) is 52.6 Å². The molecule has 25 heavy (non-hydrogen) atoms. The highest BCUT2D eigenvalue weighted by atomic mass is 15.6. The average Bonchev–Trinajstić information content (AvgIpc) is 3.06. The standard InChI is InChI=1S/C18H25N7/c1-18(2,3)25-17(21-22-23-25)13-24-10-8-15(9-11-24)20-16-7-5-4-6-14(16)12-19/h4-7,15,20H,8-11,13H2,1-3H3. The first-order chi connectivity index (χ1) is 12.0. The molecule has 2 heterocycles. The maximum Gasteiger partial charge on any atom is 0.165 e. The van der Waals surface area contributed by atoms with E-state index in [1.54, 1.807) is 0 Å². The zero-order valence-corrected chi connectivity index (χ0v) is 15.1. The third-order valence-corrected chi connectivity index (χ3v) is 4.53. The van der Waals surface area contributed by atoms with Gasteiger partial charge in [-0.2, -0.15) is 5.26 Å². The molecule has 0 saturated carbocycles. The van der Waals surface area contributed by atoms with E-state index in [1.165, 1.54) is 0 Å². The second-order valence-electron chi connectivity index (χ2n) is 7.53. The fourth-order valence-corrected chi connectivity index (χ4v) is 3.19. The summed E-state index contributed by atoms with van der Waals surface area (Å²) in [7, 11) is 0. The number of aromatic nitrogens is 4. The second-order valence-corrected chi connectivity index (χ2v) is 7.53. The van der Waals surface area contributed by atoms with Gasteiger partial charge in [-0.25, -0.2) is 4.68 Å². The van der Waals surface area contributed by atoms with Crippen LogP contribution in [0.4, 0.5) is 5.69 Å². The minimum Gasteiger partial charge on any atom is -0.381 e. The summed E-state index contributed by atoms with van der Waals surface area (Å²) in [5.41, 5.74) is 1.52. The maximum absolute atomic E-state index is 9.21. The smallest absolute Gasteiger partial charge is 0.165 e. The van der Waals surface area contributed by atoms with Crippen molar-refractivity contribution in [2.75, 3.05) is 18.4 Å². The first kappa shape index (κ1) is 17.4. The molecule has 1 N–H and O–H groups in total. The summed E-state index contributed by atoms with van der Waals surface area (Å²) in [4.78, 5) is 2.39. The van der Waals surface area contributed by atoms with Crippen LogP contribution in [0.5, 0.6) is 0 Å². The predicted molar refractivity (Wildman–Crippen MR) is 95.9 cm³/mol. The van der Waals surface area contributed by atoms with Crippen LogP contribution in [0.1, 0.15) is 45.0 Å². The minimum absolute atomic E-state index is 0.111. The molecule has 132 valence electrons. The molecular weight excluding hydrogens is 314 g/mol. The number of nitriles is 1. The van der Waals surface area contributed by atoms with Crippen LogP contribution < -0.4 is 5.32 Å². The minimum atomic E-state index is -0.111. The Morgan fingerprint density at radius 3 is 2.64 bits per heavy atom. The Bertz CT molecular complexity index is 745. The molecule has 0 radical (unpaired) electrons. The van der Waals surface area contributed by atoms with Crippen LogP contribution in [0.25, 0.3) is 0 Å². The fraction of sp³-hybridized carbons (Fsp3) is 0.556. The topological polar surface area (TPSA) is 82.7 Å². The summed E-state index contributed by atoms with van der Waals surface area (Å²) < 4.78 is 1.90. The molecule has 1 aliphatic rings. The van der Waals surface area contributed by atoms with Crippen LogP contribution in [-0.4, -0.2) is 44.2 Å². The molecule has 1 aromatic heterocycles. The van der Waals surface area contributed by atoms with E-state index in [0.717, 1.165) is 44.0 Å². The first-order valence-electron chi connectivity index (χ1n) is 8.73. The summed E-state index contributed by atoms with van der Waals surface area (Å²) in [6.45, 7) is 9.07. The Labute approximate surface area is 148 Å². The molecule has 2 aromatic rings. The van der Waals surface area contributed by atoms with E-state index in [4.69, 9.17) is 0 Å². The van der Waals surface area contributed by atoms with Gasteiger partial charge in [-0.3, -0.25) is 4.90 Å². The van der Waals surface area contributed by atoms with Crippen LogP contribution in [0.15, 0.2) is 24.3 Å². The van der Waals surface area contributed by atoms with Crippen molar-refractivity contribution < 1.29 is 0 Å². The number of nitrogens with zero attached hydrogens (tertiary/aromatic N) is 6. The third kappa shape index (κ3) is 4.15. The van der Waals surface area contributed by atoms with Crippen molar-refractivity contribution in [2.45, 2.75) is 51.7 Å².